The summed E-state index contributed by atoms with van der Waals surface area (Å²) in [6.45, 7) is 0. The molecule has 0 saturated carbocycles. The highest BCUT2D eigenvalue weighted by Crippen LogP contribution is 2.05. The van der Waals surface area contributed by atoms with E-state index in [0.717, 1.165) is 5.56 Å². The van der Waals surface area contributed by atoms with Gasteiger partial charge < -0.3 is 10.1 Å². The zero-order chi connectivity index (χ0) is 13.4. The number of carbonyl (C=O) groups is 2. The van der Waals surface area contributed by atoms with Crippen LogP contribution in [0.5, 0.6) is 0 Å². The van der Waals surface area contributed by atoms with Crippen LogP contribution in [0.3, 0.4) is 0 Å². The van der Waals surface area contributed by atoms with Crippen molar-refractivity contribution in [2.45, 2.75) is 18.9 Å². The van der Waals surface area contributed by atoms with E-state index in [9.17, 15) is 9.59 Å². The Bertz CT molecular complexity index is 394. The number of carbonyl (C=O) groups excluding carboxylic acids is 2. The maximum absolute atomic E-state index is 11.6. The van der Waals surface area contributed by atoms with Gasteiger partial charge in [-0.1, -0.05) is 30.3 Å². The first-order valence-corrected chi connectivity index (χ1v) is 6.18. The SMILES string of the molecule is COC(=O)C(Cc1ccccc1)NC(=O)CCCl. The number of nitrogens with one attached hydrogen (secondary N) is 1. The highest BCUT2D eigenvalue weighted by Gasteiger charge is 2.21. The molecule has 1 atom stereocenters. The molecule has 0 heterocycles. The standard InChI is InChI=1S/C13H16ClNO3/c1-18-13(17)11(15-12(16)7-8-14)9-10-5-3-2-4-6-10/h2-6,11H,7-9H2,1H3,(H,15,16). The molecule has 4 nitrogen and oxygen atoms in total. The molecule has 1 N–H and O–H groups in total. The van der Waals surface area contributed by atoms with Gasteiger partial charge in [0, 0.05) is 18.7 Å². The van der Waals surface area contributed by atoms with Crippen LogP contribution >= 0.6 is 11.6 Å². The van der Waals surface area contributed by atoms with Crippen molar-refractivity contribution < 1.29 is 14.3 Å². The van der Waals surface area contributed by atoms with Crippen LogP contribution in [-0.4, -0.2) is 30.9 Å². The second-order valence-corrected chi connectivity index (χ2v) is 4.15. The van der Waals surface area contributed by atoms with Crippen LogP contribution in [0, 0.1) is 0 Å². The van der Waals surface area contributed by atoms with Gasteiger partial charge in [-0.25, -0.2) is 4.79 Å². The van der Waals surface area contributed by atoms with E-state index >= 15 is 0 Å². The smallest absolute Gasteiger partial charge is 0.328 e. The fraction of sp³-hybridized carbons (Fsp3) is 0.385. The average Bonchev–Trinajstić information content (AvgIpc) is 2.38. The summed E-state index contributed by atoms with van der Waals surface area (Å²) in [7, 11) is 1.30. The van der Waals surface area contributed by atoms with Crippen LogP contribution in [0.1, 0.15) is 12.0 Å². The van der Waals surface area contributed by atoms with Crippen molar-refractivity contribution in [1.29, 1.82) is 0 Å². The Labute approximate surface area is 111 Å². The quantitative estimate of drug-likeness (QED) is 0.629. The Balaban J connectivity index is 2.67. The molecule has 0 spiro atoms. The van der Waals surface area contributed by atoms with E-state index in [4.69, 9.17) is 11.6 Å². The average molecular weight is 270 g/mol. The third kappa shape index (κ3) is 4.75. The summed E-state index contributed by atoms with van der Waals surface area (Å²) in [4.78, 5) is 23.0. The molecule has 18 heavy (non-hydrogen) atoms. The number of methoxy groups -OCH3 is 1. The summed E-state index contributed by atoms with van der Waals surface area (Å²) in [5.41, 5.74) is 0.957. The monoisotopic (exact) mass is 269 g/mol. The minimum atomic E-state index is -0.673. The summed E-state index contributed by atoms with van der Waals surface area (Å²) < 4.78 is 4.68. The van der Waals surface area contributed by atoms with Crippen LogP contribution < -0.4 is 5.32 Å². The first kappa shape index (κ1) is 14.5. The lowest BCUT2D eigenvalue weighted by Gasteiger charge is -2.16. The molecule has 1 aromatic carbocycles. The summed E-state index contributed by atoms with van der Waals surface area (Å²) in [5, 5.41) is 2.62. The number of hydrogen-bond donors (Lipinski definition) is 1. The third-order valence-corrected chi connectivity index (χ3v) is 2.61. The minimum absolute atomic E-state index is 0.184. The topological polar surface area (TPSA) is 55.4 Å². The number of hydrogen-bond acceptors (Lipinski definition) is 3. The van der Waals surface area contributed by atoms with Crippen molar-refractivity contribution in [3.8, 4) is 0 Å². The molecule has 0 saturated heterocycles. The molecule has 0 aliphatic carbocycles. The van der Waals surface area contributed by atoms with Gasteiger partial charge in [0.05, 0.1) is 7.11 Å². The molecule has 0 aromatic heterocycles. The molecule has 5 heteroatoms. The van der Waals surface area contributed by atoms with E-state index in [-0.39, 0.29) is 18.2 Å². The second kappa shape index (κ2) is 7.71. The molecule has 0 aliphatic rings. The molecule has 1 amide bonds. The summed E-state index contributed by atoms with van der Waals surface area (Å²) in [6.07, 6.45) is 0.589. The Kier molecular flexibility index (Phi) is 6.22. The minimum Gasteiger partial charge on any atom is -0.467 e. The van der Waals surface area contributed by atoms with Gasteiger partial charge in [-0.15, -0.1) is 11.6 Å². The number of ether oxygens (including phenoxy) is 1. The van der Waals surface area contributed by atoms with E-state index < -0.39 is 12.0 Å². The second-order valence-electron chi connectivity index (χ2n) is 3.77. The first-order valence-electron chi connectivity index (χ1n) is 5.64. The van der Waals surface area contributed by atoms with Crippen molar-refractivity contribution in [3.05, 3.63) is 35.9 Å². The number of amides is 1. The maximum Gasteiger partial charge on any atom is 0.328 e. The van der Waals surface area contributed by atoms with Crippen molar-refractivity contribution >= 4 is 23.5 Å². The van der Waals surface area contributed by atoms with Gasteiger partial charge in [-0.2, -0.15) is 0 Å². The van der Waals surface area contributed by atoms with Crippen molar-refractivity contribution in [3.63, 3.8) is 0 Å². The van der Waals surface area contributed by atoms with E-state index in [1.807, 2.05) is 30.3 Å². The van der Waals surface area contributed by atoms with E-state index in [2.05, 4.69) is 10.1 Å². The zero-order valence-electron chi connectivity index (χ0n) is 10.2. The van der Waals surface area contributed by atoms with Crippen LogP contribution in [0.4, 0.5) is 0 Å². The van der Waals surface area contributed by atoms with Crippen molar-refractivity contribution in [2.24, 2.45) is 0 Å². The molecule has 1 unspecified atom stereocenters. The Hall–Kier alpha value is -1.55. The Morgan fingerprint density at radius 2 is 2.00 bits per heavy atom. The van der Waals surface area contributed by atoms with Gasteiger partial charge in [0.25, 0.3) is 0 Å². The van der Waals surface area contributed by atoms with Crippen LogP contribution in [0.2, 0.25) is 0 Å². The van der Waals surface area contributed by atoms with Crippen LogP contribution in [0.25, 0.3) is 0 Å². The lowest BCUT2D eigenvalue weighted by atomic mass is 10.1. The highest BCUT2D eigenvalue weighted by atomic mass is 35.5. The predicted octanol–water partition coefficient (Wildman–Crippen LogP) is 1.52. The largest absolute Gasteiger partial charge is 0.467 e. The maximum atomic E-state index is 11.6. The van der Waals surface area contributed by atoms with E-state index in [1.54, 1.807) is 0 Å². The number of alkyl halides is 1. The molecular weight excluding hydrogens is 254 g/mol. The first-order chi connectivity index (χ1) is 8.67. The molecule has 0 bridgehead atoms. The number of rotatable bonds is 6. The normalized spacial score (nSPS) is 11.7. The fourth-order valence-corrected chi connectivity index (χ4v) is 1.71. The Morgan fingerprint density at radius 3 is 2.56 bits per heavy atom. The molecular formula is C13H16ClNO3. The van der Waals surface area contributed by atoms with Gasteiger partial charge >= 0.3 is 5.97 Å². The van der Waals surface area contributed by atoms with Crippen molar-refractivity contribution in [2.75, 3.05) is 13.0 Å². The van der Waals surface area contributed by atoms with E-state index in [0.29, 0.717) is 6.42 Å². The van der Waals surface area contributed by atoms with Gasteiger partial charge in [-0.05, 0) is 5.56 Å². The van der Waals surface area contributed by atoms with Gasteiger partial charge in [0.15, 0.2) is 0 Å². The molecule has 0 fully saturated rings. The number of esters is 1. The lowest BCUT2D eigenvalue weighted by Crippen LogP contribution is -2.43. The molecule has 0 radical (unpaired) electrons. The van der Waals surface area contributed by atoms with Gasteiger partial charge in [-0.3, -0.25) is 4.79 Å². The Morgan fingerprint density at radius 1 is 1.33 bits per heavy atom. The van der Waals surface area contributed by atoms with Gasteiger partial charge in [0.2, 0.25) is 5.91 Å². The molecule has 1 aromatic rings. The summed E-state index contributed by atoms with van der Waals surface area (Å²) in [6, 6.07) is 8.76. The summed E-state index contributed by atoms with van der Waals surface area (Å²) in [5.74, 6) is -0.483. The summed E-state index contributed by atoms with van der Waals surface area (Å²) >= 11 is 5.48. The molecule has 1 rings (SSSR count). The number of benzene rings is 1. The molecule has 98 valence electrons. The third-order valence-electron chi connectivity index (χ3n) is 2.43. The van der Waals surface area contributed by atoms with E-state index in [1.165, 1.54) is 7.11 Å². The highest BCUT2D eigenvalue weighted by molar-refractivity contribution is 6.18. The lowest BCUT2D eigenvalue weighted by molar-refractivity contribution is -0.145. The van der Waals surface area contributed by atoms with Crippen LogP contribution in [-0.2, 0) is 20.7 Å². The predicted molar refractivity (Wildman–Crippen MR) is 69.4 cm³/mol. The van der Waals surface area contributed by atoms with Crippen LogP contribution in [0.15, 0.2) is 30.3 Å². The number of halogens is 1. The fourth-order valence-electron chi connectivity index (χ4n) is 1.54. The van der Waals surface area contributed by atoms with Gasteiger partial charge in [0.1, 0.15) is 6.04 Å². The van der Waals surface area contributed by atoms with Crippen molar-refractivity contribution in [1.82, 2.24) is 5.32 Å². The molecule has 0 aliphatic heterocycles. The zero-order valence-corrected chi connectivity index (χ0v) is 10.9.